The van der Waals surface area contributed by atoms with E-state index >= 15 is 0 Å². The number of nitrogens with zero attached hydrogens (tertiary/aromatic N) is 1. The molecule has 0 aliphatic carbocycles. The van der Waals surface area contributed by atoms with E-state index in [2.05, 4.69) is 49.3 Å². The van der Waals surface area contributed by atoms with Gasteiger partial charge in [-0.15, -0.1) is 11.3 Å². The van der Waals surface area contributed by atoms with Crippen LogP contribution in [0.25, 0.3) is 0 Å². The van der Waals surface area contributed by atoms with Crippen LogP contribution in [0.5, 0.6) is 0 Å². The Morgan fingerprint density at radius 1 is 1.33 bits per heavy atom. The van der Waals surface area contributed by atoms with Crippen molar-refractivity contribution in [2.24, 2.45) is 0 Å². The average Bonchev–Trinajstić information content (AvgIpc) is 2.76. The van der Waals surface area contributed by atoms with E-state index in [1.165, 1.54) is 4.88 Å². The van der Waals surface area contributed by atoms with Crippen molar-refractivity contribution in [2.45, 2.75) is 20.0 Å². The predicted molar refractivity (Wildman–Crippen MR) is 95.6 cm³/mol. The standard InChI is InChI=1S/C15H16Br2N2OS/c1-10(20)19(2)9-11-4-3-5-12(6-11)18-8-13-7-14(16)15(17)21-13/h3-7,18H,8-9H2,1-2H3. The van der Waals surface area contributed by atoms with Gasteiger partial charge in [0.25, 0.3) is 0 Å². The maximum Gasteiger partial charge on any atom is 0.219 e. The van der Waals surface area contributed by atoms with E-state index in [1.807, 2.05) is 25.2 Å². The van der Waals surface area contributed by atoms with Gasteiger partial charge < -0.3 is 10.2 Å². The summed E-state index contributed by atoms with van der Waals surface area (Å²) in [4.78, 5) is 14.2. The van der Waals surface area contributed by atoms with Crippen molar-refractivity contribution in [1.82, 2.24) is 4.90 Å². The van der Waals surface area contributed by atoms with E-state index < -0.39 is 0 Å². The van der Waals surface area contributed by atoms with Crippen LogP contribution in [-0.4, -0.2) is 17.9 Å². The Hall–Kier alpha value is -0.850. The number of benzene rings is 1. The predicted octanol–water partition coefficient (Wildman–Crippen LogP) is 4.86. The highest BCUT2D eigenvalue weighted by Gasteiger charge is 2.06. The summed E-state index contributed by atoms with van der Waals surface area (Å²) in [6.45, 7) is 2.98. The zero-order valence-electron chi connectivity index (χ0n) is 11.8. The van der Waals surface area contributed by atoms with Gasteiger partial charge in [0, 0.05) is 42.1 Å². The van der Waals surface area contributed by atoms with Crippen LogP contribution in [-0.2, 0) is 17.9 Å². The van der Waals surface area contributed by atoms with Crippen LogP contribution in [0.2, 0.25) is 0 Å². The number of amides is 1. The molecule has 1 aromatic carbocycles. The highest BCUT2D eigenvalue weighted by atomic mass is 79.9. The first-order valence-corrected chi connectivity index (χ1v) is 8.84. The molecule has 1 amide bonds. The molecule has 0 aliphatic heterocycles. The van der Waals surface area contributed by atoms with Gasteiger partial charge in [-0.1, -0.05) is 12.1 Å². The lowest BCUT2D eigenvalue weighted by molar-refractivity contribution is -0.128. The maximum atomic E-state index is 11.3. The second-order valence-electron chi connectivity index (χ2n) is 4.76. The van der Waals surface area contributed by atoms with Gasteiger partial charge in [-0.25, -0.2) is 0 Å². The summed E-state index contributed by atoms with van der Waals surface area (Å²) < 4.78 is 2.19. The molecule has 2 rings (SSSR count). The Morgan fingerprint density at radius 2 is 2.10 bits per heavy atom. The Morgan fingerprint density at radius 3 is 2.71 bits per heavy atom. The van der Waals surface area contributed by atoms with E-state index in [1.54, 1.807) is 23.2 Å². The number of anilines is 1. The molecule has 21 heavy (non-hydrogen) atoms. The molecule has 2 aromatic rings. The third kappa shape index (κ3) is 4.83. The topological polar surface area (TPSA) is 32.3 Å². The first-order chi connectivity index (χ1) is 9.95. The normalized spacial score (nSPS) is 10.5. The van der Waals surface area contributed by atoms with Crippen molar-refractivity contribution in [2.75, 3.05) is 12.4 Å². The summed E-state index contributed by atoms with van der Waals surface area (Å²) in [5.41, 5.74) is 2.18. The first-order valence-electron chi connectivity index (χ1n) is 6.44. The van der Waals surface area contributed by atoms with Crippen LogP contribution < -0.4 is 5.32 Å². The molecule has 0 radical (unpaired) electrons. The third-order valence-corrected chi connectivity index (χ3v) is 6.30. The Balaban J connectivity index is 1.99. The number of hydrogen-bond donors (Lipinski definition) is 1. The monoisotopic (exact) mass is 430 g/mol. The number of hydrogen-bond acceptors (Lipinski definition) is 3. The summed E-state index contributed by atoms with van der Waals surface area (Å²) >= 11 is 8.70. The van der Waals surface area contributed by atoms with Crippen molar-refractivity contribution in [3.8, 4) is 0 Å². The van der Waals surface area contributed by atoms with Crippen molar-refractivity contribution in [1.29, 1.82) is 0 Å². The van der Waals surface area contributed by atoms with Gasteiger partial charge in [-0.2, -0.15) is 0 Å². The Kier molecular flexibility index (Phi) is 5.84. The molecule has 3 nitrogen and oxygen atoms in total. The zero-order valence-corrected chi connectivity index (χ0v) is 15.8. The van der Waals surface area contributed by atoms with E-state index in [-0.39, 0.29) is 5.91 Å². The highest BCUT2D eigenvalue weighted by Crippen LogP contribution is 2.32. The molecule has 1 N–H and O–H groups in total. The summed E-state index contributed by atoms with van der Waals surface area (Å²) in [7, 11) is 1.81. The van der Waals surface area contributed by atoms with Gasteiger partial charge >= 0.3 is 0 Å². The number of carbonyl (C=O) groups excluding carboxylic acids is 1. The lowest BCUT2D eigenvalue weighted by atomic mass is 10.2. The molecule has 0 spiro atoms. The van der Waals surface area contributed by atoms with E-state index in [0.29, 0.717) is 6.54 Å². The van der Waals surface area contributed by atoms with E-state index in [4.69, 9.17) is 0 Å². The number of halogens is 2. The molecule has 112 valence electrons. The van der Waals surface area contributed by atoms with Crippen molar-refractivity contribution in [3.05, 3.63) is 49.0 Å². The van der Waals surface area contributed by atoms with Crippen LogP contribution in [0.1, 0.15) is 17.4 Å². The second kappa shape index (κ2) is 7.42. The van der Waals surface area contributed by atoms with Crippen LogP contribution in [0, 0.1) is 0 Å². The molecule has 6 heteroatoms. The van der Waals surface area contributed by atoms with Gasteiger partial charge in [-0.05, 0) is 55.6 Å². The Bertz CT molecular complexity index is 623. The van der Waals surface area contributed by atoms with Crippen LogP contribution in [0.15, 0.2) is 38.6 Å². The minimum Gasteiger partial charge on any atom is -0.380 e. The molecule has 0 aliphatic rings. The van der Waals surface area contributed by atoms with Gasteiger partial charge in [0.05, 0.1) is 3.79 Å². The van der Waals surface area contributed by atoms with E-state index in [0.717, 1.165) is 26.1 Å². The van der Waals surface area contributed by atoms with Gasteiger partial charge in [0.1, 0.15) is 0 Å². The number of rotatable bonds is 5. The molecular weight excluding hydrogens is 416 g/mol. The molecule has 0 bridgehead atoms. The van der Waals surface area contributed by atoms with Gasteiger partial charge in [0.2, 0.25) is 5.91 Å². The molecule has 1 heterocycles. The average molecular weight is 432 g/mol. The summed E-state index contributed by atoms with van der Waals surface area (Å²) in [6, 6.07) is 10.3. The first kappa shape index (κ1) is 16.5. The number of nitrogens with one attached hydrogen (secondary N) is 1. The van der Waals surface area contributed by atoms with Gasteiger partial charge in [0.15, 0.2) is 0 Å². The van der Waals surface area contributed by atoms with E-state index in [9.17, 15) is 4.79 Å². The third-order valence-electron chi connectivity index (χ3n) is 3.05. The molecule has 0 unspecified atom stereocenters. The minimum atomic E-state index is 0.0710. The fourth-order valence-corrected chi connectivity index (χ4v) is 3.95. The quantitative estimate of drug-likeness (QED) is 0.732. The summed E-state index contributed by atoms with van der Waals surface area (Å²) in [5, 5.41) is 3.41. The minimum absolute atomic E-state index is 0.0710. The van der Waals surface area contributed by atoms with Crippen LogP contribution in [0.4, 0.5) is 5.69 Å². The van der Waals surface area contributed by atoms with Crippen LogP contribution >= 0.6 is 43.2 Å². The Labute approximate surface area is 145 Å². The van der Waals surface area contributed by atoms with Crippen molar-refractivity contribution >= 4 is 54.8 Å². The number of carbonyl (C=O) groups is 1. The largest absolute Gasteiger partial charge is 0.380 e. The fraction of sp³-hybridized carbons (Fsp3) is 0.267. The maximum absolute atomic E-state index is 11.3. The van der Waals surface area contributed by atoms with Crippen LogP contribution in [0.3, 0.4) is 0 Å². The van der Waals surface area contributed by atoms with Crippen molar-refractivity contribution in [3.63, 3.8) is 0 Å². The molecule has 1 aromatic heterocycles. The molecule has 0 saturated heterocycles. The molecule has 0 atom stereocenters. The lowest BCUT2D eigenvalue weighted by Gasteiger charge is -2.15. The molecule has 0 saturated carbocycles. The molecular formula is C15H16Br2N2OS. The number of thiophene rings is 1. The molecule has 0 fully saturated rings. The smallest absolute Gasteiger partial charge is 0.219 e. The van der Waals surface area contributed by atoms with Crippen molar-refractivity contribution < 1.29 is 4.79 Å². The lowest BCUT2D eigenvalue weighted by Crippen LogP contribution is -2.22. The highest BCUT2D eigenvalue weighted by molar-refractivity contribution is 9.13. The summed E-state index contributed by atoms with van der Waals surface area (Å²) in [6.07, 6.45) is 0. The van der Waals surface area contributed by atoms with Gasteiger partial charge in [-0.3, -0.25) is 4.79 Å². The summed E-state index contributed by atoms with van der Waals surface area (Å²) in [5.74, 6) is 0.0710. The SMILES string of the molecule is CC(=O)N(C)Cc1cccc(NCc2cc(Br)c(Br)s2)c1. The fourth-order valence-electron chi connectivity index (χ4n) is 1.83. The zero-order chi connectivity index (χ0) is 15.4. The second-order valence-corrected chi connectivity index (χ2v) is 8.07.